The van der Waals surface area contributed by atoms with Gasteiger partial charge in [0.25, 0.3) is 17.5 Å². The monoisotopic (exact) mass is 399 g/mol. The summed E-state index contributed by atoms with van der Waals surface area (Å²) in [6.07, 6.45) is 1.34. The van der Waals surface area contributed by atoms with Crippen molar-refractivity contribution in [1.82, 2.24) is 9.80 Å². The molecule has 0 radical (unpaired) electrons. The normalized spacial score (nSPS) is 14.6. The molecule has 0 aliphatic carbocycles. The van der Waals surface area contributed by atoms with Crippen LogP contribution in [0.25, 0.3) is 17.4 Å². The van der Waals surface area contributed by atoms with Gasteiger partial charge in [-0.05, 0) is 50.3 Å². The Morgan fingerprint density at radius 2 is 1.68 bits per heavy atom. The molecule has 0 spiro atoms. The number of para-hydroxylation sites is 1. The number of nitrogens with zero attached hydrogens (tertiary/aromatic N) is 3. The third kappa shape index (κ3) is 3.31. The highest BCUT2D eigenvalue weighted by molar-refractivity contribution is 7.80. The Bertz CT molecular complexity index is 983. The summed E-state index contributed by atoms with van der Waals surface area (Å²) in [5.74, 6) is -0.480. The van der Waals surface area contributed by atoms with Gasteiger partial charge in [0.2, 0.25) is 0 Å². The van der Waals surface area contributed by atoms with E-state index in [2.05, 4.69) is 0 Å². The third-order valence-corrected chi connectivity index (χ3v) is 4.77. The van der Waals surface area contributed by atoms with Gasteiger partial charge in [-0.3, -0.25) is 29.5 Å². The maximum atomic E-state index is 12.7. The first kappa shape index (κ1) is 19.4. The summed E-state index contributed by atoms with van der Waals surface area (Å²) in [5, 5.41) is 11.4. The van der Waals surface area contributed by atoms with E-state index >= 15 is 0 Å². The summed E-state index contributed by atoms with van der Waals surface area (Å²) in [6.45, 7) is 4.20. The molecule has 8 nitrogen and oxygen atoms in total. The van der Waals surface area contributed by atoms with Gasteiger partial charge in [-0.15, -0.1) is 0 Å². The molecule has 1 aromatic heterocycles. The van der Waals surface area contributed by atoms with Gasteiger partial charge in [0.1, 0.15) is 17.1 Å². The fourth-order valence-electron chi connectivity index (χ4n) is 2.94. The van der Waals surface area contributed by atoms with Crippen molar-refractivity contribution < 1.29 is 18.9 Å². The summed E-state index contributed by atoms with van der Waals surface area (Å²) in [7, 11) is 0. The van der Waals surface area contributed by atoms with E-state index in [0.29, 0.717) is 18.7 Å². The molecule has 144 valence electrons. The molecule has 9 heteroatoms. The Hall–Kier alpha value is -3.33. The van der Waals surface area contributed by atoms with Crippen LogP contribution in [0.1, 0.15) is 19.6 Å². The van der Waals surface area contributed by atoms with Crippen LogP contribution in [-0.2, 0) is 9.59 Å². The quantitative estimate of drug-likeness (QED) is 0.252. The summed E-state index contributed by atoms with van der Waals surface area (Å²) < 4.78 is 5.67. The molecular formula is C19H17N3O5S. The first-order valence-corrected chi connectivity index (χ1v) is 9.02. The minimum Gasteiger partial charge on any atom is -0.456 e. The lowest BCUT2D eigenvalue weighted by molar-refractivity contribution is -0.384. The zero-order valence-electron chi connectivity index (χ0n) is 15.2. The number of hydrogen-bond acceptors (Lipinski definition) is 6. The fourth-order valence-corrected chi connectivity index (χ4v) is 3.37. The zero-order valence-corrected chi connectivity index (χ0v) is 16.1. The Morgan fingerprint density at radius 1 is 1.07 bits per heavy atom. The summed E-state index contributed by atoms with van der Waals surface area (Å²) in [5.41, 5.74) is 0.145. The molecule has 1 fully saturated rings. The SMILES string of the molecule is CCN1C(=O)C(=Cc2ccc(-c3ccccc3[N+](=O)[O-])o2)C(=O)N(CC)C1=S. The van der Waals surface area contributed by atoms with Gasteiger partial charge in [0, 0.05) is 19.2 Å². The van der Waals surface area contributed by atoms with Crippen LogP contribution in [-0.4, -0.2) is 44.7 Å². The minimum atomic E-state index is -0.497. The highest BCUT2D eigenvalue weighted by Gasteiger charge is 2.38. The second-order valence-electron chi connectivity index (χ2n) is 5.92. The fraction of sp³-hybridized carbons (Fsp3) is 0.211. The molecule has 3 rings (SSSR count). The molecular weight excluding hydrogens is 382 g/mol. The first-order chi connectivity index (χ1) is 13.4. The van der Waals surface area contributed by atoms with Crippen LogP contribution in [0.15, 0.2) is 46.4 Å². The number of carbonyl (C=O) groups excluding carboxylic acids is 2. The maximum absolute atomic E-state index is 12.7. The molecule has 2 aromatic rings. The van der Waals surface area contributed by atoms with Crippen molar-refractivity contribution in [3.8, 4) is 11.3 Å². The first-order valence-electron chi connectivity index (χ1n) is 8.62. The van der Waals surface area contributed by atoms with Crippen molar-refractivity contribution in [2.75, 3.05) is 13.1 Å². The van der Waals surface area contributed by atoms with Gasteiger partial charge >= 0.3 is 0 Å². The van der Waals surface area contributed by atoms with E-state index in [0.717, 1.165) is 0 Å². The molecule has 1 aliphatic rings. The van der Waals surface area contributed by atoms with E-state index in [4.69, 9.17) is 16.6 Å². The largest absolute Gasteiger partial charge is 0.456 e. The Kier molecular flexibility index (Phi) is 5.36. The lowest BCUT2D eigenvalue weighted by Crippen LogP contribution is -2.55. The van der Waals surface area contributed by atoms with Crippen LogP contribution in [0.3, 0.4) is 0 Å². The van der Waals surface area contributed by atoms with E-state index < -0.39 is 16.7 Å². The molecule has 0 bridgehead atoms. The van der Waals surface area contributed by atoms with Crippen molar-refractivity contribution in [1.29, 1.82) is 0 Å². The van der Waals surface area contributed by atoms with Gasteiger partial charge < -0.3 is 4.42 Å². The zero-order chi connectivity index (χ0) is 20.4. The molecule has 1 aliphatic heterocycles. The van der Waals surface area contributed by atoms with Crippen molar-refractivity contribution >= 4 is 40.9 Å². The molecule has 2 heterocycles. The number of nitro benzene ring substituents is 1. The predicted octanol–water partition coefficient (Wildman–Crippen LogP) is 3.23. The standard InChI is InChI=1S/C19H17N3O5S/c1-3-20-17(23)14(18(24)21(4-2)19(20)28)11-12-9-10-16(27-12)13-7-5-6-8-15(13)22(25)26/h5-11H,3-4H2,1-2H3. The molecule has 0 N–H and O–H groups in total. The lowest BCUT2D eigenvalue weighted by atomic mass is 10.1. The maximum Gasteiger partial charge on any atom is 0.280 e. The minimum absolute atomic E-state index is 0.0687. The topological polar surface area (TPSA) is 96.9 Å². The average Bonchev–Trinajstić information content (AvgIpc) is 3.14. The molecule has 2 amide bonds. The molecule has 0 unspecified atom stereocenters. The summed E-state index contributed by atoms with van der Waals surface area (Å²) >= 11 is 5.22. The van der Waals surface area contributed by atoms with Crippen LogP contribution in [0.2, 0.25) is 0 Å². The van der Waals surface area contributed by atoms with E-state index in [1.54, 1.807) is 44.2 Å². The van der Waals surface area contributed by atoms with Gasteiger partial charge in [-0.2, -0.15) is 0 Å². The number of nitro groups is 1. The van der Waals surface area contributed by atoms with Gasteiger partial charge in [-0.1, -0.05) is 12.1 Å². The van der Waals surface area contributed by atoms with Crippen molar-refractivity contribution in [3.05, 3.63) is 57.8 Å². The predicted molar refractivity (Wildman–Crippen MR) is 106 cm³/mol. The Labute approximate surface area is 166 Å². The molecule has 0 atom stereocenters. The second kappa shape index (κ2) is 7.73. The van der Waals surface area contributed by atoms with Gasteiger partial charge in [0.15, 0.2) is 5.11 Å². The number of rotatable bonds is 5. The molecule has 28 heavy (non-hydrogen) atoms. The molecule has 1 saturated heterocycles. The van der Waals surface area contributed by atoms with Crippen molar-refractivity contribution in [2.45, 2.75) is 13.8 Å². The highest BCUT2D eigenvalue weighted by atomic mass is 32.1. The van der Waals surface area contributed by atoms with E-state index in [-0.39, 0.29) is 27.9 Å². The summed E-state index contributed by atoms with van der Waals surface area (Å²) in [6, 6.07) is 9.29. The van der Waals surface area contributed by atoms with Gasteiger partial charge in [0.05, 0.1) is 10.5 Å². The van der Waals surface area contributed by atoms with Crippen LogP contribution in [0, 0.1) is 10.1 Å². The third-order valence-electron chi connectivity index (χ3n) is 4.32. The average molecular weight is 399 g/mol. The number of thiocarbonyl (C=S) groups is 1. The number of hydrogen-bond donors (Lipinski definition) is 0. The Morgan fingerprint density at radius 3 is 2.25 bits per heavy atom. The Balaban J connectivity index is 2.01. The van der Waals surface area contributed by atoms with Crippen molar-refractivity contribution in [2.24, 2.45) is 0 Å². The molecule has 0 saturated carbocycles. The number of likely N-dealkylation sites (N-methyl/N-ethyl adjacent to an activating group) is 2. The van der Waals surface area contributed by atoms with Crippen LogP contribution in [0.5, 0.6) is 0 Å². The number of furan rings is 1. The number of amides is 2. The highest BCUT2D eigenvalue weighted by Crippen LogP contribution is 2.31. The van der Waals surface area contributed by atoms with Crippen LogP contribution >= 0.6 is 12.2 Å². The number of carbonyl (C=O) groups is 2. The van der Waals surface area contributed by atoms with E-state index in [9.17, 15) is 19.7 Å². The lowest BCUT2D eigenvalue weighted by Gasteiger charge is -2.35. The van der Waals surface area contributed by atoms with E-state index in [1.807, 2.05) is 0 Å². The van der Waals surface area contributed by atoms with Crippen molar-refractivity contribution in [3.63, 3.8) is 0 Å². The second-order valence-corrected chi connectivity index (χ2v) is 6.28. The smallest absolute Gasteiger partial charge is 0.280 e. The van der Waals surface area contributed by atoms with E-state index in [1.165, 1.54) is 21.9 Å². The van der Waals surface area contributed by atoms with Crippen LogP contribution < -0.4 is 0 Å². The number of benzene rings is 1. The van der Waals surface area contributed by atoms with Gasteiger partial charge in [-0.25, -0.2) is 0 Å². The summed E-state index contributed by atoms with van der Waals surface area (Å²) in [4.78, 5) is 38.7. The van der Waals surface area contributed by atoms with Crippen LogP contribution in [0.4, 0.5) is 5.69 Å². The molecule has 1 aromatic carbocycles.